The summed E-state index contributed by atoms with van der Waals surface area (Å²) in [4.78, 5) is 19.5. The first kappa shape index (κ1) is 16.4. The monoisotopic (exact) mass is 334 g/mol. The van der Waals surface area contributed by atoms with E-state index in [0.717, 1.165) is 12.1 Å². The van der Waals surface area contributed by atoms with Crippen molar-refractivity contribution >= 4 is 29.0 Å². The molecule has 6 heteroatoms. The average molecular weight is 334 g/mol. The molecule has 0 radical (unpaired) electrons. The Hall–Kier alpha value is -3.41. The van der Waals surface area contributed by atoms with Crippen LogP contribution in [-0.2, 0) is 6.42 Å². The second-order valence-corrected chi connectivity index (χ2v) is 5.44. The van der Waals surface area contributed by atoms with Gasteiger partial charge in [-0.1, -0.05) is 31.2 Å². The Bertz CT molecular complexity index is 896. The normalized spacial score (nSPS) is 10.3. The van der Waals surface area contributed by atoms with Gasteiger partial charge in [0.1, 0.15) is 18.0 Å². The van der Waals surface area contributed by atoms with Crippen LogP contribution in [0.5, 0.6) is 0 Å². The molecule has 2 aromatic carbocycles. The van der Waals surface area contributed by atoms with E-state index in [9.17, 15) is 4.79 Å². The van der Waals surface area contributed by atoms with Crippen molar-refractivity contribution in [3.8, 4) is 0 Å². The van der Waals surface area contributed by atoms with Crippen molar-refractivity contribution in [3.05, 3.63) is 72.1 Å². The molecule has 126 valence electrons. The second-order valence-electron chi connectivity index (χ2n) is 5.44. The number of nitrogens with one attached hydrogen (secondary N) is 2. The molecule has 3 N–H and O–H groups in total. The van der Waals surface area contributed by atoms with Crippen molar-refractivity contribution in [2.75, 3.05) is 10.6 Å². The van der Waals surface area contributed by atoms with Gasteiger partial charge >= 0.3 is 5.97 Å². The van der Waals surface area contributed by atoms with Crippen molar-refractivity contribution in [2.24, 2.45) is 0 Å². The van der Waals surface area contributed by atoms with E-state index in [1.807, 2.05) is 18.2 Å². The van der Waals surface area contributed by atoms with Gasteiger partial charge in [0, 0.05) is 17.4 Å². The minimum atomic E-state index is -0.968. The summed E-state index contributed by atoms with van der Waals surface area (Å²) < 4.78 is 0. The number of aromatic nitrogens is 2. The van der Waals surface area contributed by atoms with E-state index in [0.29, 0.717) is 17.3 Å². The molecule has 0 saturated heterocycles. The Morgan fingerprint density at radius 1 is 1.00 bits per heavy atom. The van der Waals surface area contributed by atoms with Gasteiger partial charge in [-0.3, -0.25) is 0 Å². The fraction of sp³-hybridized carbons (Fsp3) is 0.105. The molecule has 1 aromatic heterocycles. The van der Waals surface area contributed by atoms with Crippen molar-refractivity contribution in [1.29, 1.82) is 0 Å². The summed E-state index contributed by atoms with van der Waals surface area (Å²) in [6.45, 7) is 2.10. The van der Waals surface area contributed by atoms with Crippen LogP contribution in [0.1, 0.15) is 22.8 Å². The van der Waals surface area contributed by atoms with Gasteiger partial charge in [-0.05, 0) is 36.2 Å². The van der Waals surface area contributed by atoms with Gasteiger partial charge in [-0.25, -0.2) is 14.8 Å². The molecule has 0 unspecified atom stereocenters. The summed E-state index contributed by atoms with van der Waals surface area (Å²) in [5.74, 6) is 0.270. The molecule has 0 bridgehead atoms. The highest BCUT2D eigenvalue weighted by molar-refractivity contribution is 5.89. The first-order valence-corrected chi connectivity index (χ1v) is 7.93. The Kier molecular flexibility index (Phi) is 4.89. The van der Waals surface area contributed by atoms with Crippen LogP contribution in [0.15, 0.2) is 60.9 Å². The molecule has 0 amide bonds. The number of benzene rings is 2. The highest BCUT2D eigenvalue weighted by atomic mass is 16.4. The summed E-state index contributed by atoms with van der Waals surface area (Å²) in [5.41, 5.74) is 3.07. The summed E-state index contributed by atoms with van der Waals surface area (Å²) in [6.07, 6.45) is 2.38. The predicted octanol–water partition coefficient (Wildman–Crippen LogP) is 4.22. The lowest BCUT2D eigenvalue weighted by Crippen LogP contribution is -2.01. The first-order chi connectivity index (χ1) is 12.2. The minimum Gasteiger partial charge on any atom is -0.478 e. The molecule has 0 aliphatic rings. The van der Waals surface area contributed by atoms with Gasteiger partial charge < -0.3 is 15.7 Å². The number of carboxylic acids is 1. The number of anilines is 4. The minimum absolute atomic E-state index is 0.217. The summed E-state index contributed by atoms with van der Waals surface area (Å²) in [5, 5.41) is 15.5. The predicted molar refractivity (Wildman–Crippen MR) is 97.8 cm³/mol. The number of aromatic carboxylic acids is 1. The number of rotatable bonds is 6. The molecule has 3 aromatic rings. The molecule has 0 aliphatic carbocycles. The lowest BCUT2D eigenvalue weighted by molar-refractivity contribution is 0.0697. The van der Waals surface area contributed by atoms with Gasteiger partial charge in [0.05, 0.1) is 5.56 Å². The standard InChI is InChI=1S/C19H18N4O2/c1-2-13-6-3-4-9-16(13)23-18-11-17(20-12-21-18)22-15-8-5-7-14(10-15)19(24)25/h3-12H,2H2,1H3,(H,24,25)(H2,20,21,22,23). The van der Waals surface area contributed by atoms with Crippen LogP contribution in [0.4, 0.5) is 23.0 Å². The maximum absolute atomic E-state index is 11.1. The van der Waals surface area contributed by atoms with Crippen LogP contribution < -0.4 is 10.6 Å². The average Bonchev–Trinajstić information content (AvgIpc) is 2.63. The molecule has 1 heterocycles. The van der Waals surface area contributed by atoms with E-state index in [2.05, 4.69) is 33.6 Å². The molecule has 0 saturated carbocycles. The molecular weight excluding hydrogens is 316 g/mol. The Balaban J connectivity index is 1.80. The Morgan fingerprint density at radius 2 is 1.76 bits per heavy atom. The van der Waals surface area contributed by atoms with E-state index >= 15 is 0 Å². The molecule has 3 rings (SSSR count). The number of aryl methyl sites for hydroxylation is 1. The van der Waals surface area contributed by atoms with E-state index in [-0.39, 0.29) is 5.56 Å². The van der Waals surface area contributed by atoms with Crippen molar-refractivity contribution < 1.29 is 9.90 Å². The first-order valence-electron chi connectivity index (χ1n) is 7.93. The number of nitrogens with zero attached hydrogens (tertiary/aromatic N) is 2. The molecule has 6 nitrogen and oxygen atoms in total. The lowest BCUT2D eigenvalue weighted by atomic mass is 10.1. The van der Waals surface area contributed by atoms with Crippen LogP contribution in [-0.4, -0.2) is 21.0 Å². The lowest BCUT2D eigenvalue weighted by Gasteiger charge is -2.11. The van der Waals surface area contributed by atoms with Crippen LogP contribution in [0.3, 0.4) is 0 Å². The maximum atomic E-state index is 11.1. The van der Waals surface area contributed by atoms with E-state index in [1.54, 1.807) is 30.3 Å². The van der Waals surface area contributed by atoms with Gasteiger partial charge in [0.15, 0.2) is 0 Å². The topological polar surface area (TPSA) is 87.1 Å². The van der Waals surface area contributed by atoms with Crippen molar-refractivity contribution in [3.63, 3.8) is 0 Å². The number of hydrogen-bond donors (Lipinski definition) is 3. The smallest absolute Gasteiger partial charge is 0.335 e. The fourth-order valence-electron chi connectivity index (χ4n) is 2.46. The van der Waals surface area contributed by atoms with Gasteiger partial charge in [-0.2, -0.15) is 0 Å². The molecule has 0 atom stereocenters. The third-order valence-electron chi connectivity index (χ3n) is 3.71. The van der Waals surface area contributed by atoms with Gasteiger partial charge in [0.2, 0.25) is 0 Å². The Morgan fingerprint density at radius 3 is 2.52 bits per heavy atom. The summed E-state index contributed by atoms with van der Waals surface area (Å²) >= 11 is 0. The molecule has 0 fully saturated rings. The van der Waals surface area contributed by atoms with Crippen molar-refractivity contribution in [1.82, 2.24) is 9.97 Å². The van der Waals surface area contributed by atoms with Gasteiger partial charge in [-0.15, -0.1) is 0 Å². The molecule has 0 aliphatic heterocycles. The van der Waals surface area contributed by atoms with Crippen LogP contribution in [0.2, 0.25) is 0 Å². The van der Waals surface area contributed by atoms with E-state index in [1.165, 1.54) is 11.9 Å². The highest BCUT2D eigenvalue weighted by Crippen LogP contribution is 2.22. The SMILES string of the molecule is CCc1ccccc1Nc1cc(Nc2cccc(C(=O)O)c2)ncn1. The summed E-state index contributed by atoms with van der Waals surface area (Å²) in [6, 6.07) is 16.4. The molecule has 0 spiro atoms. The fourth-order valence-corrected chi connectivity index (χ4v) is 2.46. The quantitative estimate of drug-likeness (QED) is 0.625. The number of hydrogen-bond acceptors (Lipinski definition) is 5. The number of carbonyl (C=O) groups is 1. The highest BCUT2D eigenvalue weighted by Gasteiger charge is 2.06. The zero-order valence-electron chi connectivity index (χ0n) is 13.7. The summed E-state index contributed by atoms with van der Waals surface area (Å²) in [7, 11) is 0. The third-order valence-corrected chi connectivity index (χ3v) is 3.71. The van der Waals surface area contributed by atoms with E-state index < -0.39 is 5.97 Å². The Labute approximate surface area is 145 Å². The zero-order chi connectivity index (χ0) is 17.6. The number of carboxylic acid groups (broad SMARTS) is 1. The number of para-hydroxylation sites is 1. The van der Waals surface area contributed by atoms with Crippen molar-refractivity contribution in [2.45, 2.75) is 13.3 Å². The van der Waals surface area contributed by atoms with Gasteiger partial charge in [0.25, 0.3) is 0 Å². The van der Waals surface area contributed by atoms with E-state index in [4.69, 9.17) is 5.11 Å². The maximum Gasteiger partial charge on any atom is 0.335 e. The molecular formula is C19H18N4O2. The zero-order valence-corrected chi connectivity index (χ0v) is 13.7. The molecule has 25 heavy (non-hydrogen) atoms. The second kappa shape index (κ2) is 7.44. The third kappa shape index (κ3) is 4.11. The van der Waals surface area contributed by atoms with Crippen LogP contribution in [0, 0.1) is 0 Å². The largest absolute Gasteiger partial charge is 0.478 e. The van der Waals surface area contributed by atoms with Crippen LogP contribution >= 0.6 is 0 Å². The van der Waals surface area contributed by atoms with Crippen LogP contribution in [0.25, 0.3) is 0 Å².